The van der Waals surface area contributed by atoms with Crippen LogP contribution in [0.2, 0.25) is 0 Å². The molecule has 0 radical (unpaired) electrons. The third kappa shape index (κ3) is 2.72. The van der Waals surface area contributed by atoms with Crippen molar-refractivity contribution in [1.29, 1.82) is 0 Å². The van der Waals surface area contributed by atoms with E-state index in [0.717, 1.165) is 16.8 Å². The SMILES string of the molecule is COC(=O)[C@H]1CC(c2ccccc2)=N[C@@H]1c1ccccc1. The molecule has 106 valence electrons. The topological polar surface area (TPSA) is 38.7 Å². The molecule has 0 fully saturated rings. The number of hydrogen-bond donors (Lipinski definition) is 0. The highest BCUT2D eigenvalue weighted by Crippen LogP contribution is 2.37. The van der Waals surface area contributed by atoms with E-state index in [0.29, 0.717) is 6.42 Å². The first-order chi connectivity index (χ1) is 10.3. The van der Waals surface area contributed by atoms with Crippen molar-refractivity contribution in [3.63, 3.8) is 0 Å². The lowest BCUT2D eigenvalue weighted by Crippen LogP contribution is -2.20. The molecular weight excluding hydrogens is 262 g/mol. The smallest absolute Gasteiger partial charge is 0.311 e. The molecule has 0 saturated heterocycles. The van der Waals surface area contributed by atoms with Gasteiger partial charge in [-0.25, -0.2) is 0 Å². The zero-order valence-corrected chi connectivity index (χ0v) is 11.9. The second kappa shape index (κ2) is 5.92. The third-order valence-corrected chi connectivity index (χ3v) is 3.84. The van der Waals surface area contributed by atoms with Crippen molar-refractivity contribution in [1.82, 2.24) is 0 Å². The fraction of sp³-hybridized carbons (Fsp3) is 0.222. The Morgan fingerprint density at radius 3 is 2.29 bits per heavy atom. The van der Waals surface area contributed by atoms with Crippen LogP contribution in [0.3, 0.4) is 0 Å². The zero-order valence-electron chi connectivity index (χ0n) is 11.9. The van der Waals surface area contributed by atoms with Gasteiger partial charge >= 0.3 is 5.97 Å². The van der Waals surface area contributed by atoms with E-state index >= 15 is 0 Å². The van der Waals surface area contributed by atoms with E-state index in [4.69, 9.17) is 9.73 Å². The Labute approximate surface area is 124 Å². The number of benzene rings is 2. The van der Waals surface area contributed by atoms with Crippen LogP contribution in [0.5, 0.6) is 0 Å². The lowest BCUT2D eigenvalue weighted by molar-refractivity contribution is -0.145. The lowest BCUT2D eigenvalue weighted by atomic mass is 9.92. The van der Waals surface area contributed by atoms with Crippen LogP contribution in [0.1, 0.15) is 23.6 Å². The highest BCUT2D eigenvalue weighted by atomic mass is 16.5. The van der Waals surface area contributed by atoms with E-state index in [-0.39, 0.29) is 17.9 Å². The summed E-state index contributed by atoms with van der Waals surface area (Å²) in [5.74, 6) is -0.439. The Bertz CT molecular complexity index is 649. The molecule has 0 spiro atoms. The minimum atomic E-state index is -0.243. The predicted molar refractivity (Wildman–Crippen MR) is 82.3 cm³/mol. The number of rotatable bonds is 3. The molecule has 2 aromatic carbocycles. The van der Waals surface area contributed by atoms with Gasteiger partial charge in [-0.1, -0.05) is 60.7 Å². The minimum absolute atomic E-state index is 0.158. The summed E-state index contributed by atoms with van der Waals surface area (Å²) < 4.78 is 4.96. The molecule has 2 aromatic rings. The van der Waals surface area contributed by atoms with Crippen molar-refractivity contribution in [2.24, 2.45) is 10.9 Å². The first-order valence-electron chi connectivity index (χ1n) is 7.04. The van der Waals surface area contributed by atoms with Crippen molar-refractivity contribution in [3.05, 3.63) is 71.8 Å². The lowest BCUT2D eigenvalue weighted by Gasteiger charge is -2.15. The maximum absolute atomic E-state index is 12.1. The Morgan fingerprint density at radius 2 is 1.67 bits per heavy atom. The molecular formula is C18H17NO2. The third-order valence-electron chi connectivity index (χ3n) is 3.84. The van der Waals surface area contributed by atoms with Gasteiger partial charge < -0.3 is 4.74 Å². The van der Waals surface area contributed by atoms with E-state index in [1.165, 1.54) is 7.11 Å². The Balaban J connectivity index is 1.97. The van der Waals surface area contributed by atoms with Gasteiger partial charge in [0.05, 0.1) is 19.1 Å². The van der Waals surface area contributed by atoms with Crippen LogP contribution in [0.4, 0.5) is 0 Å². The van der Waals surface area contributed by atoms with Crippen LogP contribution in [-0.4, -0.2) is 18.8 Å². The summed E-state index contributed by atoms with van der Waals surface area (Å²) in [5, 5.41) is 0. The Kier molecular flexibility index (Phi) is 3.82. The van der Waals surface area contributed by atoms with Crippen molar-refractivity contribution in [2.75, 3.05) is 7.11 Å². The molecule has 0 unspecified atom stereocenters. The number of hydrogen-bond acceptors (Lipinski definition) is 3. The highest BCUT2D eigenvalue weighted by Gasteiger charge is 2.36. The molecule has 0 N–H and O–H groups in total. The summed E-state index contributed by atoms with van der Waals surface area (Å²) in [6.07, 6.45) is 0.621. The van der Waals surface area contributed by atoms with Gasteiger partial charge in [-0.2, -0.15) is 0 Å². The van der Waals surface area contributed by atoms with Crippen LogP contribution in [-0.2, 0) is 9.53 Å². The number of ether oxygens (including phenoxy) is 1. The van der Waals surface area contributed by atoms with Gasteiger partial charge in [0.1, 0.15) is 0 Å². The normalized spacial score (nSPS) is 20.9. The maximum Gasteiger partial charge on any atom is 0.311 e. The average Bonchev–Trinajstić information content (AvgIpc) is 3.01. The standard InChI is InChI=1S/C18H17NO2/c1-21-18(20)15-12-16(13-8-4-2-5-9-13)19-17(15)14-10-6-3-7-11-14/h2-11,15,17H,12H2,1H3/t15-,17+/m0/s1. The van der Waals surface area contributed by atoms with E-state index < -0.39 is 0 Å². The fourth-order valence-corrected chi connectivity index (χ4v) is 2.77. The van der Waals surface area contributed by atoms with Gasteiger partial charge in [0.2, 0.25) is 0 Å². The van der Waals surface area contributed by atoms with E-state index in [1.807, 2.05) is 60.7 Å². The quantitative estimate of drug-likeness (QED) is 0.808. The molecule has 3 nitrogen and oxygen atoms in total. The van der Waals surface area contributed by atoms with E-state index in [2.05, 4.69) is 0 Å². The summed E-state index contributed by atoms with van der Waals surface area (Å²) >= 11 is 0. The number of nitrogens with zero attached hydrogens (tertiary/aromatic N) is 1. The molecule has 0 saturated carbocycles. The minimum Gasteiger partial charge on any atom is -0.469 e. The molecule has 1 aliphatic rings. The van der Waals surface area contributed by atoms with Crippen LogP contribution in [0.25, 0.3) is 0 Å². The number of carbonyl (C=O) groups is 1. The highest BCUT2D eigenvalue weighted by molar-refractivity contribution is 6.04. The molecule has 21 heavy (non-hydrogen) atoms. The zero-order chi connectivity index (χ0) is 14.7. The first-order valence-corrected chi connectivity index (χ1v) is 7.04. The molecule has 3 heteroatoms. The van der Waals surface area contributed by atoms with Crippen LogP contribution in [0, 0.1) is 5.92 Å². The molecule has 2 atom stereocenters. The maximum atomic E-state index is 12.1. The molecule has 3 rings (SSSR count). The summed E-state index contributed by atoms with van der Waals surface area (Å²) in [6.45, 7) is 0. The first kappa shape index (κ1) is 13.6. The van der Waals surface area contributed by atoms with E-state index in [9.17, 15) is 4.79 Å². The fourth-order valence-electron chi connectivity index (χ4n) is 2.77. The summed E-state index contributed by atoms with van der Waals surface area (Å²) in [5.41, 5.74) is 3.10. The molecule has 1 aliphatic heterocycles. The Hall–Kier alpha value is -2.42. The van der Waals surface area contributed by atoms with Gasteiger partial charge in [0.25, 0.3) is 0 Å². The average molecular weight is 279 g/mol. The van der Waals surface area contributed by atoms with Crippen molar-refractivity contribution >= 4 is 11.7 Å². The predicted octanol–water partition coefficient (Wildman–Crippen LogP) is 3.41. The van der Waals surface area contributed by atoms with Crippen molar-refractivity contribution in [2.45, 2.75) is 12.5 Å². The monoisotopic (exact) mass is 279 g/mol. The second-order valence-corrected chi connectivity index (χ2v) is 5.13. The van der Waals surface area contributed by atoms with Gasteiger partial charge in [-0.3, -0.25) is 9.79 Å². The number of carbonyl (C=O) groups excluding carboxylic acids is 1. The number of aliphatic imine (C=N–C) groups is 1. The summed E-state index contributed by atoms with van der Waals surface area (Å²) in [4.78, 5) is 16.9. The molecule has 1 heterocycles. The summed E-state index contributed by atoms with van der Waals surface area (Å²) in [6, 6.07) is 19.8. The van der Waals surface area contributed by atoms with E-state index in [1.54, 1.807) is 0 Å². The second-order valence-electron chi connectivity index (χ2n) is 5.13. The van der Waals surface area contributed by atoms with Crippen LogP contribution >= 0.6 is 0 Å². The van der Waals surface area contributed by atoms with Gasteiger partial charge in [-0.15, -0.1) is 0 Å². The van der Waals surface area contributed by atoms with Crippen molar-refractivity contribution < 1.29 is 9.53 Å². The molecule has 0 aliphatic carbocycles. The van der Waals surface area contributed by atoms with Gasteiger partial charge in [0, 0.05) is 12.1 Å². The number of methoxy groups -OCH3 is 1. The number of esters is 1. The van der Waals surface area contributed by atoms with Crippen molar-refractivity contribution in [3.8, 4) is 0 Å². The Morgan fingerprint density at radius 1 is 1.05 bits per heavy atom. The molecule has 0 amide bonds. The van der Waals surface area contributed by atoms with Crippen LogP contribution < -0.4 is 0 Å². The summed E-state index contributed by atoms with van der Waals surface area (Å²) in [7, 11) is 1.44. The molecule has 0 bridgehead atoms. The van der Waals surface area contributed by atoms with Gasteiger partial charge in [-0.05, 0) is 11.1 Å². The van der Waals surface area contributed by atoms with Gasteiger partial charge in [0.15, 0.2) is 0 Å². The molecule has 0 aromatic heterocycles. The largest absolute Gasteiger partial charge is 0.469 e. The van der Waals surface area contributed by atoms with Crippen LogP contribution in [0.15, 0.2) is 65.7 Å².